The monoisotopic (exact) mass is 420 g/mol. The van der Waals surface area contributed by atoms with Crippen molar-refractivity contribution >= 4 is 17.8 Å². The second kappa shape index (κ2) is 7.95. The van der Waals surface area contributed by atoms with E-state index in [0.29, 0.717) is 0 Å². The second-order valence-corrected chi connectivity index (χ2v) is 10.6. The standard InChI is InChI=1S/C26H32N2O3/c1-24(2,3)19-11-7-17(8-12-19)15-26(21(29)27-23(31)28-22(26)30)16-18-9-13-20(14-10-18)25(4,5)6/h7-14H,15-16H2,1-6H3,(H2,27,28,29,30,31). The van der Waals surface area contributed by atoms with Crippen LogP contribution in [0, 0.1) is 5.41 Å². The van der Waals surface area contributed by atoms with E-state index in [1.54, 1.807) is 0 Å². The quantitative estimate of drug-likeness (QED) is 0.719. The van der Waals surface area contributed by atoms with Crippen LogP contribution in [0.1, 0.15) is 63.8 Å². The van der Waals surface area contributed by atoms with Gasteiger partial charge in [0, 0.05) is 0 Å². The van der Waals surface area contributed by atoms with Crippen LogP contribution >= 0.6 is 0 Å². The predicted octanol–water partition coefficient (Wildman–Crippen LogP) is 4.42. The van der Waals surface area contributed by atoms with Crippen LogP contribution in [0.15, 0.2) is 48.5 Å². The Morgan fingerprint density at radius 3 is 1.23 bits per heavy atom. The number of barbiturate groups is 1. The van der Waals surface area contributed by atoms with Gasteiger partial charge in [0.1, 0.15) is 5.41 Å². The van der Waals surface area contributed by atoms with E-state index in [4.69, 9.17) is 0 Å². The molecule has 0 aliphatic carbocycles. The number of urea groups is 1. The van der Waals surface area contributed by atoms with E-state index in [2.05, 4.69) is 52.2 Å². The maximum atomic E-state index is 13.0. The molecule has 2 aromatic carbocycles. The largest absolute Gasteiger partial charge is 0.328 e. The number of carbonyl (C=O) groups is 3. The second-order valence-electron chi connectivity index (χ2n) is 10.6. The lowest BCUT2D eigenvalue weighted by molar-refractivity contribution is -0.144. The number of hydrogen-bond donors (Lipinski definition) is 2. The lowest BCUT2D eigenvalue weighted by Crippen LogP contribution is -2.64. The fourth-order valence-electron chi connectivity index (χ4n) is 3.91. The highest BCUT2D eigenvalue weighted by Crippen LogP contribution is 2.33. The van der Waals surface area contributed by atoms with Crippen molar-refractivity contribution in [2.24, 2.45) is 5.41 Å². The fraction of sp³-hybridized carbons (Fsp3) is 0.423. The van der Waals surface area contributed by atoms with Crippen molar-refractivity contribution in [1.29, 1.82) is 0 Å². The molecule has 164 valence electrons. The Labute approximate surface area is 184 Å². The molecule has 31 heavy (non-hydrogen) atoms. The van der Waals surface area contributed by atoms with Crippen molar-refractivity contribution in [1.82, 2.24) is 10.6 Å². The molecule has 3 rings (SSSR count). The molecule has 0 unspecified atom stereocenters. The van der Waals surface area contributed by atoms with Crippen LogP contribution in [0.4, 0.5) is 4.79 Å². The molecule has 4 amide bonds. The third-order valence-corrected chi connectivity index (χ3v) is 5.98. The van der Waals surface area contributed by atoms with Crippen LogP contribution in [0.3, 0.4) is 0 Å². The summed E-state index contributed by atoms with van der Waals surface area (Å²) in [4.78, 5) is 37.7. The average Bonchev–Trinajstić information content (AvgIpc) is 2.65. The predicted molar refractivity (Wildman–Crippen MR) is 122 cm³/mol. The summed E-state index contributed by atoms with van der Waals surface area (Å²) in [6.07, 6.45) is 0.423. The van der Waals surface area contributed by atoms with Crippen LogP contribution in [-0.2, 0) is 33.3 Å². The number of carbonyl (C=O) groups excluding carboxylic acids is 3. The number of imide groups is 2. The molecular weight excluding hydrogens is 388 g/mol. The summed E-state index contributed by atoms with van der Waals surface area (Å²) in [5, 5.41) is 4.61. The van der Waals surface area contributed by atoms with E-state index in [9.17, 15) is 14.4 Å². The fourth-order valence-corrected chi connectivity index (χ4v) is 3.91. The third kappa shape index (κ3) is 4.87. The van der Waals surface area contributed by atoms with Gasteiger partial charge in [-0.05, 0) is 45.9 Å². The topological polar surface area (TPSA) is 75.3 Å². The van der Waals surface area contributed by atoms with Gasteiger partial charge in [-0.1, -0.05) is 90.1 Å². The lowest BCUT2D eigenvalue weighted by atomic mass is 9.73. The van der Waals surface area contributed by atoms with E-state index in [-0.39, 0.29) is 23.7 Å². The summed E-state index contributed by atoms with van der Waals surface area (Å²) in [6.45, 7) is 12.8. The zero-order chi connectivity index (χ0) is 23.0. The van der Waals surface area contributed by atoms with E-state index in [0.717, 1.165) is 11.1 Å². The number of amides is 4. The highest BCUT2D eigenvalue weighted by Gasteiger charge is 2.50. The molecule has 2 aromatic rings. The van der Waals surface area contributed by atoms with Crippen molar-refractivity contribution in [3.63, 3.8) is 0 Å². The first-order valence-electron chi connectivity index (χ1n) is 10.7. The summed E-state index contributed by atoms with van der Waals surface area (Å²) in [5.74, 6) is -1.11. The lowest BCUT2D eigenvalue weighted by Gasteiger charge is -2.34. The van der Waals surface area contributed by atoms with Crippen molar-refractivity contribution in [3.05, 3.63) is 70.8 Å². The zero-order valence-corrected chi connectivity index (χ0v) is 19.3. The summed E-state index contributed by atoms with van der Waals surface area (Å²) >= 11 is 0. The minimum absolute atomic E-state index is 0.0109. The third-order valence-electron chi connectivity index (χ3n) is 5.98. The molecule has 1 saturated heterocycles. The van der Waals surface area contributed by atoms with E-state index in [1.807, 2.05) is 48.5 Å². The van der Waals surface area contributed by atoms with Crippen molar-refractivity contribution in [2.45, 2.75) is 65.2 Å². The number of nitrogens with one attached hydrogen (secondary N) is 2. The van der Waals surface area contributed by atoms with E-state index >= 15 is 0 Å². The molecule has 0 radical (unpaired) electrons. The minimum atomic E-state index is -1.39. The SMILES string of the molecule is CC(C)(C)c1ccc(CC2(Cc3ccc(C(C)(C)C)cc3)C(=O)NC(=O)NC2=O)cc1. The van der Waals surface area contributed by atoms with Crippen molar-refractivity contribution in [3.8, 4) is 0 Å². The number of hydrogen-bond acceptors (Lipinski definition) is 3. The maximum absolute atomic E-state index is 13.0. The van der Waals surface area contributed by atoms with Gasteiger partial charge in [0.25, 0.3) is 0 Å². The van der Waals surface area contributed by atoms with Gasteiger partial charge < -0.3 is 0 Å². The Bertz CT molecular complexity index is 909. The number of rotatable bonds is 4. The Morgan fingerprint density at radius 2 is 0.935 bits per heavy atom. The van der Waals surface area contributed by atoms with Crippen LogP contribution in [0.5, 0.6) is 0 Å². The Morgan fingerprint density at radius 1 is 0.613 bits per heavy atom. The van der Waals surface area contributed by atoms with E-state index < -0.39 is 23.3 Å². The first-order valence-corrected chi connectivity index (χ1v) is 10.7. The van der Waals surface area contributed by atoms with Crippen LogP contribution in [-0.4, -0.2) is 17.8 Å². The van der Waals surface area contributed by atoms with Gasteiger partial charge >= 0.3 is 6.03 Å². The molecule has 0 bridgehead atoms. The molecule has 0 atom stereocenters. The molecule has 0 aromatic heterocycles. The molecule has 1 aliphatic heterocycles. The normalized spacial score (nSPS) is 16.6. The molecular formula is C26H32N2O3. The van der Waals surface area contributed by atoms with E-state index in [1.165, 1.54) is 11.1 Å². The van der Waals surface area contributed by atoms with Gasteiger partial charge in [-0.2, -0.15) is 0 Å². The van der Waals surface area contributed by atoms with Crippen LogP contribution < -0.4 is 10.6 Å². The Hall–Kier alpha value is -2.95. The molecule has 0 saturated carbocycles. The Balaban J connectivity index is 1.95. The average molecular weight is 421 g/mol. The Kier molecular flexibility index (Phi) is 5.83. The molecule has 1 heterocycles. The summed E-state index contributed by atoms with van der Waals surface area (Å²) in [7, 11) is 0. The van der Waals surface area contributed by atoms with Crippen molar-refractivity contribution in [2.75, 3.05) is 0 Å². The smallest absolute Gasteiger partial charge is 0.277 e. The molecule has 1 aliphatic rings. The molecule has 0 spiro atoms. The minimum Gasteiger partial charge on any atom is -0.277 e. The van der Waals surface area contributed by atoms with Crippen LogP contribution in [0.25, 0.3) is 0 Å². The summed E-state index contributed by atoms with van der Waals surface area (Å²) in [6, 6.07) is 15.2. The first kappa shape index (κ1) is 22.7. The van der Waals surface area contributed by atoms with Gasteiger partial charge in [-0.15, -0.1) is 0 Å². The first-order chi connectivity index (χ1) is 14.3. The summed E-state index contributed by atoms with van der Waals surface area (Å²) < 4.78 is 0. The van der Waals surface area contributed by atoms with Gasteiger partial charge in [0.15, 0.2) is 0 Å². The van der Waals surface area contributed by atoms with Crippen molar-refractivity contribution < 1.29 is 14.4 Å². The van der Waals surface area contributed by atoms with Gasteiger partial charge in [0.2, 0.25) is 11.8 Å². The maximum Gasteiger partial charge on any atom is 0.328 e. The van der Waals surface area contributed by atoms with Gasteiger partial charge in [0.05, 0.1) is 0 Å². The summed E-state index contributed by atoms with van der Waals surface area (Å²) in [5.41, 5.74) is 2.73. The highest BCUT2D eigenvalue weighted by atomic mass is 16.2. The van der Waals surface area contributed by atoms with Gasteiger partial charge in [-0.25, -0.2) is 4.79 Å². The zero-order valence-electron chi connectivity index (χ0n) is 19.3. The highest BCUT2D eigenvalue weighted by molar-refractivity contribution is 6.19. The molecule has 5 nitrogen and oxygen atoms in total. The number of benzene rings is 2. The molecule has 1 fully saturated rings. The van der Waals surface area contributed by atoms with Crippen LogP contribution in [0.2, 0.25) is 0 Å². The molecule has 2 N–H and O–H groups in total. The molecule has 5 heteroatoms. The van der Waals surface area contributed by atoms with Gasteiger partial charge in [-0.3, -0.25) is 20.2 Å².